The number of likely N-dealkylation sites (N-methyl/N-ethyl adjacent to an activating group) is 1. The Bertz CT molecular complexity index is 1470. The van der Waals surface area contributed by atoms with Crippen LogP contribution >= 0.6 is 0 Å². The van der Waals surface area contributed by atoms with E-state index < -0.39 is 46.5 Å². The van der Waals surface area contributed by atoms with Crippen LogP contribution in [0.3, 0.4) is 0 Å². The number of carboxylic acid groups (broad SMARTS) is 1. The van der Waals surface area contributed by atoms with Crippen molar-refractivity contribution in [1.82, 2.24) is 9.88 Å². The number of carbonyl (C=O) groups is 3. The number of anilines is 2. The van der Waals surface area contributed by atoms with Gasteiger partial charge in [0.15, 0.2) is 0 Å². The molecule has 208 valence electrons. The van der Waals surface area contributed by atoms with Gasteiger partial charge >= 0.3 is 6.09 Å². The molecule has 11 nitrogen and oxygen atoms in total. The zero-order valence-electron chi connectivity index (χ0n) is 21.6. The molecule has 2 aromatic rings. The number of hydrogen-bond acceptors (Lipinski definition) is 7. The Kier molecular flexibility index (Phi) is 8.85. The van der Waals surface area contributed by atoms with Gasteiger partial charge in [-0.25, -0.2) is 22.8 Å². The van der Waals surface area contributed by atoms with Crippen molar-refractivity contribution in [3.05, 3.63) is 47.2 Å². The van der Waals surface area contributed by atoms with Gasteiger partial charge in [0.05, 0.1) is 20.9 Å². The quantitative estimate of drug-likeness (QED) is 0.539. The van der Waals surface area contributed by atoms with Gasteiger partial charge < -0.3 is 20.2 Å². The van der Waals surface area contributed by atoms with E-state index in [4.69, 9.17) is 5.11 Å². The van der Waals surface area contributed by atoms with E-state index in [0.717, 1.165) is 0 Å². The van der Waals surface area contributed by atoms with Crippen LogP contribution in [0.15, 0.2) is 39.7 Å². The zero-order valence-corrected chi connectivity index (χ0v) is 22.4. The lowest BCUT2D eigenvalue weighted by Crippen LogP contribution is -2.30. The van der Waals surface area contributed by atoms with Crippen LogP contribution in [0.5, 0.6) is 0 Å². The van der Waals surface area contributed by atoms with Gasteiger partial charge in [-0.15, -0.1) is 0 Å². The number of benzene rings is 1. The summed E-state index contributed by atoms with van der Waals surface area (Å²) in [6.07, 6.45) is 0.702. The number of nitrogens with zero attached hydrogens (tertiary/aromatic N) is 5. The molecule has 1 aromatic carbocycles. The van der Waals surface area contributed by atoms with Gasteiger partial charge in [0.25, 0.3) is 11.8 Å². The van der Waals surface area contributed by atoms with Gasteiger partial charge in [-0.3, -0.25) is 9.59 Å². The number of alkyl halides is 2. The smallest absolute Gasteiger partial charge is 0.407 e. The Hall–Kier alpha value is -4.12. The maximum atomic E-state index is 14.0. The fourth-order valence-electron chi connectivity index (χ4n) is 4.04. The summed E-state index contributed by atoms with van der Waals surface area (Å²) < 4.78 is 44.7. The van der Waals surface area contributed by atoms with E-state index in [9.17, 15) is 32.6 Å². The molecule has 1 aliphatic rings. The van der Waals surface area contributed by atoms with Crippen molar-refractivity contribution in [3.8, 4) is 6.07 Å². The summed E-state index contributed by atoms with van der Waals surface area (Å²) in [7, 11) is -2.12. The van der Waals surface area contributed by atoms with Crippen molar-refractivity contribution in [2.45, 2.75) is 37.0 Å². The number of halogens is 2. The molecule has 1 fully saturated rings. The Morgan fingerprint density at radius 2 is 2.03 bits per heavy atom. The van der Waals surface area contributed by atoms with Crippen molar-refractivity contribution in [3.63, 3.8) is 0 Å². The third-order valence-electron chi connectivity index (χ3n) is 6.19. The van der Waals surface area contributed by atoms with Crippen molar-refractivity contribution in [1.29, 1.82) is 5.26 Å². The van der Waals surface area contributed by atoms with Crippen molar-refractivity contribution in [2.24, 2.45) is 4.36 Å². The van der Waals surface area contributed by atoms with E-state index in [1.807, 2.05) is 6.07 Å². The minimum Gasteiger partial charge on any atom is -0.465 e. The summed E-state index contributed by atoms with van der Waals surface area (Å²) in [5.41, 5.74) is 0.735. The minimum absolute atomic E-state index is 0.0222. The van der Waals surface area contributed by atoms with E-state index >= 15 is 0 Å². The van der Waals surface area contributed by atoms with Crippen LogP contribution in [-0.4, -0.2) is 76.0 Å². The molecule has 2 N–H and O–H groups in total. The summed E-state index contributed by atoms with van der Waals surface area (Å²) in [6, 6.07) is 7.79. The SMILES string of the molecule is Cc1c(C#N)cnc(N2CCCC(F)(F)CC2)c1C(=O)Nc1cccc(S(C)(=O)=NC(=O)CN(C)C(=O)O)c1. The average Bonchev–Trinajstić information content (AvgIpc) is 3.03. The number of carbonyl (C=O) groups excluding carboxylic acids is 2. The van der Waals surface area contributed by atoms with Crippen LogP contribution in [0, 0.1) is 18.3 Å². The summed E-state index contributed by atoms with van der Waals surface area (Å²) in [5.74, 6) is -4.19. The highest BCUT2D eigenvalue weighted by Crippen LogP contribution is 2.32. The maximum absolute atomic E-state index is 14.0. The number of hydrogen-bond donors (Lipinski definition) is 2. The van der Waals surface area contributed by atoms with E-state index in [2.05, 4.69) is 14.7 Å². The topological polar surface area (TPSA) is 156 Å². The summed E-state index contributed by atoms with van der Waals surface area (Å²) in [6.45, 7) is 1.22. The van der Waals surface area contributed by atoms with E-state index in [1.54, 1.807) is 11.8 Å². The summed E-state index contributed by atoms with van der Waals surface area (Å²) in [4.78, 5) is 43.2. The number of aromatic nitrogens is 1. The Morgan fingerprint density at radius 3 is 2.69 bits per heavy atom. The monoisotopic (exact) mass is 562 g/mol. The molecule has 1 aliphatic heterocycles. The first kappa shape index (κ1) is 29.4. The Morgan fingerprint density at radius 1 is 1.31 bits per heavy atom. The van der Waals surface area contributed by atoms with Gasteiger partial charge in [-0.2, -0.15) is 9.62 Å². The predicted molar refractivity (Wildman–Crippen MR) is 140 cm³/mol. The van der Waals surface area contributed by atoms with Crippen molar-refractivity contribution in [2.75, 3.05) is 43.2 Å². The lowest BCUT2D eigenvalue weighted by Gasteiger charge is -2.25. The maximum Gasteiger partial charge on any atom is 0.407 e. The van der Waals surface area contributed by atoms with Crippen LogP contribution in [0.4, 0.5) is 25.1 Å². The molecular formula is C25H28F2N6O5S. The molecule has 0 bridgehead atoms. The fraction of sp³-hybridized carbons (Fsp3) is 0.400. The number of nitrogens with one attached hydrogen (secondary N) is 1. The summed E-state index contributed by atoms with van der Waals surface area (Å²) in [5, 5.41) is 21.1. The second-order valence-corrected chi connectivity index (χ2v) is 11.5. The van der Waals surface area contributed by atoms with E-state index in [0.29, 0.717) is 10.5 Å². The highest BCUT2D eigenvalue weighted by Gasteiger charge is 2.33. The highest BCUT2D eigenvalue weighted by molar-refractivity contribution is 7.93. The third-order valence-corrected chi connectivity index (χ3v) is 7.87. The lowest BCUT2D eigenvalue weighted by molar-refractivity contribution is -0.118. The molecule has 0 radical (unpaired) electrons. The molecule has 14 heteroatoms. The molecule has 1 unspecified atom stereocenters. The largest absolute Gasteiger partial charge is 0.465 e. The molecule has 1 aromatic heterocycles. The minimum atomic E-state index is -3.29. The first-order valence-electron chi connectivity index (χ1n) is 11.9. The Balaban J connectivity index is 1.93. The number of amides is 3. The molecule has 0 spiro atoms. The van der Waals surface area contributed by atoms with Crippen LogP contribution in [-0.2, 0) is 14.5 Å². The number of nitriles is 1. The van der Waals surface area contributed by atoms with Gasteiger partial charge in [0.2, 0.25) is 5.92 Å². The molecule has 2 heterocycles. The average molecular weight is 563 g/mol. The summed E-state index contributed by atoms with van der Waals surface area (Å²) >= 11 is 0. The first-order valence-corrected chi connectivity index (χ1v) is 13.8. The molecule has 39 heavy (non-hydrogen) atoms. The second kappa shape index (κ2) is 11.7. The van der Waals surface area contributed by atoms with E-state index in [-0.39, 0.29) is 53.5 Å². The van der Waals surface area contributed by atoms with Crippen LogP contribution in [0.2, 0.25) is 0 Å². The van der Waals surface area contributed by atoms with Gasteiger partial charge in [-0.05, 0) is 37.1 Å². The first-order chi connectivity index (χ1) is 18.2. The lowest BCUT2D eigenvalue weighted by atomic mass is 10.0. The standard InChI is InChI=1S/C25H28F2N6O5S/c1-16-17(13-28)14-29-22(33-10-5-8-25(26,27)9-11-33)21(16)23(35)30-18-6-4-7-19(12-18)39(3,38)31-20(34)15-32(2)24(36)37/h4,6-7,12,14H,5,8-11,15H2,1-3H3,(H,30,35)(H,36,37). The second-order valence-electron chi connectivity index (χ2n) is 9.21. The molecule has 0 aliphatic carbocycles. The normalized spacial score (nSPS) is 16.3. The Labute approximate surface area is 224 Å². The van der Waals surface area contributed by atoms with E-state index in [1.165, 1.54) is 43.8 Å². The van der Waals surface area contributed by atoms with Crippen LogP contribution < -0.4 is 10.2 Å². The molecule has 3 amide bonds. The highest BCUT2D eigenvalue weighted by atomic mass is 32.2. The van der Waals surface area contributed by atoms with Gasteiger partial charge in [0, 0.05) is 56.0 Å². The molecule has 0 saturated carbocycles. The fourth-order valence-corrected chi connectivity index (χ4v) is 5.27. The zero-order chi connectivity index (χ0) is 29.0. The molecule has 1 atom stereocenters. The predicted octanol–water partition coefficient (Wildman–Crippen LogP) is 3.73. The van der Waals surface area contributed by atoms with Crippen LogP contribution in [0.25, 0.3) is 0 Å². The molecular weight excluding hydrogens is 534 g/mol. The molecule has 1 saturated heterocycles. The third kappa shape index (κ3) is 7.26. The van der Waals surface area contributed by atoms with Crippen molar-refractivity contribution >= 4 is 39.1 Å². The molecule has 3 rings (SSSR count). The van der Waals surface area contributed by atoms with Gasteiger partial charge in [-0.1, -0.05) is 6.07 Å². The number of pyridine rings is 1. The van der Waals surface area contributed by atoms with Crippen LogP contribution in [0.1, 0.15) is 40.7 Å². The number of rotatable bonds is 6. The van der Waals surface area contributed by atoms with Crippen molar-refractivity contribution < 1.29 is 32.5 Å². The van der Waals surface area contributed by atoms with Gasteiger partial charge in [0.1, 0.15) is 18.4 Å².